The molecule has 0 aliphatic carbocycles. The fraction of sp³-hybridized carbons (Fsp3) is 0.579. The van der Waals surface area contributed by atoms with E-state index in [2.05, 4.69) is 24.0 Å². The maximum Gasteiger partial charge on any atom is 0.236 e. The highest BCUT2D eigenvalue weighted by molar-refractivity contribution is 8.00. The van der Waals surface area contributed by atoms with E-state index in [1.807, 2.05) is 35.8 Å². The molecule has 2 amide bonds. The van der Waals surface area contributed by atoms with Gasteiger partial charge in [0.15, 0.2) is 0 Å². The molecule has 1 aliphatic heterocycles. The highest BCUT2D eigenvalue weighted by Gasteiger charge is 2.23. The number of carbonyl (C=O) groups is 2. The van der Waals surface area contributed by atoms with E-state index in [1.165, 1.54) is 10.5 Å². The van der Waals surface area contributed by atoms with Crippen molar-refractivity contribution in [1.82, 2.24) is 14.7 Å². The molecule has 1 aromatic carbocycles. The van der Waals surface area contributed by atoms with Gasteiger partial charge in [0.25, 0.3) is 0 Å². The maximum atomic E-state index is 12.4. The number of aryl methyl sites for hydroxylation is 1. The van der Waals surface area contributed by atoms with Crippen LogP contribution in [0.4, 0.5) is 0 Å². The Bertz CT molecular complexity index is 582. The van der Waals surface area contributed by atoms with Gasteiger partial charge in [0.2, 0.25) is 11.8 Å². The van der Waals surface area contributed by atoms with E-state index in [-0.39, 0.29) is 11.8 Å². The van der Waals surface area contributed by atoms with E-state index in [1.54, 1.807) is 11.8 Å². The fourth-order valence-electron chi connectivity index (χ4n) is 2.97. The van der Waals surface area contributed by atoms with Gasteiger partial charge in [-0.15, -0.1) is 11.8 Å². The molecule has 1 saturated heterocycles. The summed E-state index contributed by atoms with van der Waals surface area (Å²) < 4.78 is 0. The lowest BCUT2D eigenvalue weighted by molar-refractivity contribution is -0.133. The van der Waals surface area contributed by atoms with Crippen molar-refractivity contribution in [2.45, 2.75) is 25.7 Å². The van der Waals surface area contributed by atoms with Crippen molar-refractivity contribution < 1.29 is 9.59 Å². The molecule has 0 atom stereocenters. The molecule has 25 heavy (non-hydrogen) atoms. The van der Waals surface area contributed by atoms with Crippen molar-refractivity contribution in [1.29, 1.82) is 0 Å². The number of hydrogen-bond acceptors (Lipinski definition) is 4. The van der Waals surface area contributed by atoms with Gasteiger partial charge in [-0.05, 0) is 32.4 Å². The Kier molecular flexibility index (Phi) is 7.78. The Morgan fingerprint density at radius 1 is 1.08 bits per heavy atom. The van der Waals surface area contributed by atoms with Crippen LogP contribution < -0.4 is 0 Å². The molecule has 0 spiro atoms. The van der Waals surface area contributed by atoms with Gasteiger partial charge in [-0.2, -0.15) is 0 Å². The van der Waals surface area contributed by atoms with Crippen LogP contribution in [0.3, 0.4) is 0 Å². The van der Waals surface area contributed by atoms with Gasteiger partial charge >= 0.3 is 0 Å². The highest BCUT2D eigenvalue weighted by Crippen LogP contribution is 2.22. The summed E-state index contributed by atoms with van der Waals surface area (Å²) in [6.45, 7) is 11.0. The van der Waals surface area contributed by atoms with Crippen molar-refractivity contribution in [3.8, 4) is 0 Å². The minimum absolute atomic E-state index is 0.180. The van der Waals surface area contributed by atoms with Crippen LogP contribution in [0.1, 0.15) is 19.4 Å². The molecule has 0 unspecified atom stereocenters. The first-order valence-electron chi connectivity index (χ1n) is 9.01. The molecule has 1 aliphatic rings. The zero-order valence-corrected chi connectivity index (χ0v) is 16.3. The number of benzene rings is 1. The quantitative estimate of drug-likeness (QED) is 0.696. The molecule has 138 valence electrons. The van der Waals surface area contributed by atoms with Gasteiger partial charge in [0.1, 0.15) is 0 Å². The van der Waals surface area contributed by atoms with Crippen LogP contribution in [0.15, 0.2) is 29.2 Å². The summed E-state index contributed by atoms with van der Waals surface area (Å²) in [6, 6.07) is 8.15. The van der Waals surface area contributed by atoms with Crippen molar-refractivity contribution >= 4 is 23.6 Å². The monoisotopic (exact) mass is 363 g/mol. The second kappa shape index (κ2) is 9.82. The Morgan fingerprint density at radius 3 is 2.32 bits per heavy atom. The van der Waals surface area contributed by atoms with Crippen molar-refractivity contribution in [3.63, 3.8) is 0 Å². The predicted molar refractivity (Wildman–Crippen MR) is 103 cm³/mol. The average Bonchev–Trinajstić information content (AvgIpc) is 2.62. The largest absolute Gasteiger partial charge is 0.342 e. The molecule has 0 saturated carbocycles. The van der Waals surface area contributed by atoms with Crippen LogP contribution in [0.5, 0.6) is 0 Å². The van der Waals surface area contributed by atoms with Gasteiger partial charge in [-0.1, -0.05) is 18.2 Å². The normalized spacial score (nSPS) is 15.2. The summed E-state index contributed by atoms with van der Waals surface area (Å²) in [5.41, 5.74) is 1.21. The number of amides is 2. The van der Waals surface area contributed by atoms with Gasteiger partial charge < -0.3 is 9.80 Å². The lowest BCUT2D eigenvalue weighted by atomic mass is 10.2. The molecule has 0 aromatic heterocycles. The van der Waals surface area contributed by atoms with E-state index in [9.17, 15) is 9.59 Å². The minimum atomic E-state index is 0.180. The zero-order chi connectivity index (χ0) is 18.2. The molecule has 1 fully saturated rings. The lowest BCUT2D eigenvalue weighted by Gasteiger charge is -2.35. The number of likely N-dealkylation sites (N-methyl/N-ethyl adjacent to an activating group) is 1. The molecule has 2 rings (SSSR count). The molecule has 6 heteroatoms. The van der Waals surface area contributed by atoms with Crippen molar-refractivity contribution in [2.24, 2.45) is 0 Å². The summed E-state index contributed by atoms with van der Waals surface area (Å²) in [5.74, 6) is 0.839. The van der Waals surface area contributed by atoms with Gasteiger partial charge in [-0.25, -0.2) is 0 Å². The Hall–Kier alpha value is -1.53. The summed E-state index contributed by atoms with van der Waals surface area (Å²) in [5, 5.41) is 0. The Balaban J connectivity index is 1.75. The lowest BCUT2D eigenvalue weighted by Crippen LogP contribution is -2.52. The zero-order valence-electron chi connectivity index (χ0n) is 15.5. The van der Waals surface area contributed by atoms with E-state index < -0.39 is 0 Å². The fourth-order valence-corrected chi connectivity index (χ4v) is 3.90. The number of thioether (sulfide) groups is 1. The summed E-state index contributed by atoms with van der Waals surface area (Å²) >= 11 is 1.60. The second-order valence-electron chi connectivity index (χ2n) is 6.28. The number of nitrogens with zero attached hydrogens (tertiary/aromatic N) is 3. The topological polar surface area (TPSA) is 43.9 Å². The van der Waals surface area contributed by atoms with Crippen LogP contribution in [0.2, 0.25) is 0 Å². The van der Waals surface area contributed by atoms with Gasteiger partial charge in [0, 0.05) is 44.2 Å². The van der Waals surface area contributed by atoms with E-state index in [0.29, 0.717) is 25.4 Å². The first kappa shape index (κ1) is 19.8. The summed E-state index contributed by atoms with van der Waals surface area (Å²) in [7, 11) is 0. The third kappa shape index (κ3) is 5.75. The molecule has 5 nitrogen and oxygen atoms in total. The smallest absolute Gasteiger partial charge is 0.236 e. The molecule has 1 aromatic rings. The molecule has 1 heterocycles. The first-order chi connectivity index (χ1) is 12.0. The highest BCUT2D eigenvalue weighted by atomic mass is 32.2. The average molecular weight is 364 g/mol. The van der Waals surface area contributed by atoms with Crippen LogP contribution >= 0.6 is 11.8 Å². The Morgan fingerprint density at radius 2 is 1.72 bits per heavy atom. The standard InChI is InChI=1S/C19H29N3O2S/c1-4-21(5-2)18(23)14-20-10-12-22(13-11-20)19(24)15-25-17-9-7-6-8-16(17)3/h6-9H,4-5,10-15H2,1-3H3. The third-order valence-corrected chi connectivity index (χ3v) is 5.81. The molecular formula is C19H29N3O2S. The maximum absolute atomic E-state index is 12.4. The van der Waals surface area contributed by atoms with E-state index >= 15 is 0 Å². The predicted octanol–water partition coefficient (Wildman–Crippen LogP) is 2.10. The molecule has 0 N–H and O–H groups in total. The van der Waals surface area contributed by atoms with Crippen LogP contribution in [-0.4, -0.2) is 78.1 Å². The molecule has 0 bridgehead atoms. The molecular weight excluding hydrogens is 334 g/mol. The van der Waals surface area contributed by atoms with Crippen molar-refractivity contribution in [3.05, 3.63) is 29.8 Å². The van der Waals surface area contributed by atoms with E-state index in [4.69, 9.17) is 0 Å². The second-order valence-corrected chi connectivity index (χ2v) is 7.29. The first-order valence-corrected chi connectivity index (χ1v) is 10.00. The van der Waals surface area contributed by atoms with Crippen LogP contribution in [0, 0.1) is 6.92 Å². The van der Waals surface area contributed by atoms with Gasteiger partial charge in [-0.3, -0.25) is 14.5 Å². The van der Waals surface area contributed by atoms with Crippen molar-refractivity contribution in [2.75, 3.05) is 51.6 Å². The number of rotatable bonds is 7. The Labute approximate surface area is 155 Å². The summed E-state index contributed by atoms with van der Waals surface area (Å²) in [6.07, 6.45) is 0. The SMILES string of the molecule is CCN(CC)C(=O)CN1CCN(C(=O)CSc2ccccc2C)CC1. The summed E-state index contributed by atoms with van der Waals surface area (Å²) in [4.78, 5) is 31.7. The van der Waals surface area contributed by atoms with Crippen LogP contribution in [0.25, 0.3) is 0 Å². The third-order valence-electron chi connectivity index (χ3n) is 4.64. The van der Waals surface area contributed by atoms with Crippen LogP contribution in [-0.2, 0) is 9.59 Å². The minimum Gasteiger partial charge on any atom is -0.342 e. The number of hydrogen-bond donors (Lipinski definition) is 0. The molecule has 0 radical (unpaired) electrons. The van der Waals surface area contributed by atoms with Gasteiger partial charge in [0.05, 0.1) is 12.3 Å². The number of carbonyl (C=O) groups excluding carboxylic acids is 2. The number of piperazine rings is 1. The van der Waals surface area contributed by atoms with E-state index in [0.717, 1.165) is 26.2 Å².